The van der Waals surface area contributed by atoms with Crippen LogP contribution in [-0.4, -0.2) is 50.0 Å². The van der Waals surface area contributed by atoms with Crippen molar-refractivity contribution in [2.75, 3.05) is 50.7 Å². The van der Waals surface area contributed by atoms with Gasteiger partial charge in [0, 0.05) is 32.7 Å². The minimum atomic E-state index is 0.617. The number of methoxy groups -OCH3 is 1. The molecule has 114 valence electrons. The van der Waals surface area contributed by atoms with Gasteiger partial charge in [-0.1, -0.05) is 6.92 Å². The molecule has 0 atom stereocenters. The molecule has 6 nitrogen and oxygen atoms in total. The Morgan fingerprint density at radius 1 is 1.05 bits per heavy atom. The molecule has 6 heteroatoms. The molecule has 0 unspecified atom stereocenters. The Kier molecular flexibility index (Phi) is 8.66. The van der Waals surface area contributed by atoms with Crippen LogP contribution in [0.25, 0.3) is 0 Å². The fourth-order valence-electron chi connectivity index (χ4n) is 1.69. The van der Waals surface area contributed by atoms with Crippen molar-refractivity contribution >= 4 is 11.6 Å². The van der Waals surface area contributed by atoms with E-state index in [2.05, 4.69) is 34.4 Å². The molecule has 0 amide bonds. The van der Waals surface area contributed by atoms with E-state index in [1.54, 1.807) is 7.11 Å². The first-order valence-electron chi connectivity index (χ1n) is 7.22. The molecule has 0 aliphatic heterocycles. The van der Waals surface area contributed by atoms with E-state index in [4.69, 9.17) is 9.47 Å². The van der Waals surface area contributed by atoms with E-state index >= 15 is 0 Å². The van der Waals surface area contributed by atoms with Crippen LogP contribution in [0.2, 0.25) is 0 Å². The van der Waals surface area contributed by atoms with E-state index < -0.39 is 0 Å². The van der Waals surface area contributed by atoms with E-state index in [-0.39, 0.29) is 0 Å². The van der Waals surface area contributed by atoms with Crippen LogP contribution < -0.4 is 10.6 Å². The lowest BCUT2D eigenvalue weighted by Gasteiger charge is -2.10. The second kappa shape index (κ2) is 10.4. The van der Waals surface area contributed by atoms with Crippen molar-refractivity contribution in [3.63, 3.8) is 0 Å². The molecule has 1 aromatic rings. The monoisotopic (exact) mass is 282 g/mol. The minimum absolute atomic E-state index is 0.617. The molecule has 0 aliphatic rings. The van der Waals surface area contributed by atoms with E-state index in [9.17, 15) is 0 Å². The molecule has 0 bridgehead atoms. The van der Waals surface area contributed by atoms with Gasteiger partial charge in [0.25, 0.3) is 0 Å². The normalized spacial score (nSPS) is 10.6. The third-order valence-electron chi connectivity index (χ3n) is 2.59. The highest BCUT2D eigenvalue weighted by molar-refractivity contribution is 5.47. The summed E-state index contributed by atoms with van der Waals surface area (Å²) in [5.74, 6) is 2.58. The summed E-state index contributed by atoms with van der Waals surface area (Å²) in [6.07, 6.45) is 1.92. The number of rotatable bonds is 11. The number of hydrogen-bond donors (Lipinski definition) is 2. The van der Waals surface area contributed by atoms with Crippen molar-refractivity contribution in [2.45, 2.75) is 26.7 Å². The van der Waals surface area contributed by atoms with Gasteiger partial charge in [0.15, 0.2) is 0 Å². The maximum absolute atomic E-state index is 5.40. The van der Waals surface area contributed by atoms with Gasteiger partial charge in [0.2, 0.25) is 0 Å². The van der Waals surface area contributed by atoms with Gasteiger partial charge in [-0.3, -0.25) is 0 Å². The topological polar surface area (TPSA) is 68.3 Å². The van der Waals surface area contributed by atoms with Crippen LogP contribution in [0.5, 0.6) is 0 Å². The van der Waals surface area contributed by atoms with Gasteiger partial charge in [0.05, 0.1) is 19.8 Å². The second-order valence-electron chi connectivity index (χ2n) is 4.37. The van der Waals surface area contributed by atoms with E-state index in [1.165, 1.54) is 0 Å². The Bertz CT molecular complexity index is 350. The smallest absolute Gasteiger partial charge is 0.133 e. The number of nitrogens with one attached hydrogen (secondary N) is 2. The van der Waals surface area contributed by atoms with Gasteiger partial charge >= 0.3 is 0 Å². The number of aromatic nitrogens is 2. The standard InChI is InChI=1S/C14H26N4O2/c1-4-6-12-17-13(15-5-2)11-14(18-12)16-7-8-20-10-9-19-3/h11H,4-10H2,1-3H3,(H2,15,16,17,18). The molecular formula is C14H26N4O2. The molecule has 0 radical (unpaired) electrons. The Balaban J connectivity index is 2.46. The van der Waals surface area contributed by atoms with Gasteiger partial charge in [-0.05, 0) is 13.3 Å². The first-order valence-corrected chi connectivity index (χ1v) is 7.22. The fraction of sp³-hybridized carbons (Fsp3) is 0.714. The van der Waals surface area contributed by atoms with Crippen LogP contribution in [-0.2, 0) is 15.9 Å². The molecule has 1 rings (SSSR count). The molecular weight excluding hydrogens is 256 g/mol. The van der Waals surface area contributed by atoms with Crippen LogP contribution in [0.4, 0.5) is 11.6 Å². The number of anilines is 2. The molecule has 0 aliphatic carbocycles. The summed E-state index contributed by atoms with van der Waals surface area (Å²) in [7, 11) is 1.67. The highest BCUT2D eigenvalue weighted by Gasteiger charge is 2.03. The number of hydrogen-bond acceptors (Lipinski definition) is 6. The molecule has 2 N–H and O–H groups in total. The van der Waals surface area contributed by atoms with Gasteiger partial charge in [-0.25, -0.2) is 9.97 Å². The summed E-state index contributed by atoms with van der Waals surface area (Å²) < 4.78 is 10.3. The van der Waals surface area contributed by atoms with Crippen LogP contribution in [0, 0.1) is 0 Å². The Hall–Kier alpha value is -1.40. The number of ether oxygens (including phenoxy) is 2. The van der Waals surface area contributed by atoms with Crippen LogP contribution in [0.15, 0.2) is 6.07 Å². The largest absolute Gasteiger partial charge is 0.382 e. The minimum Gasteiger partial charge on any atom is -0.382 e. The third kappa shape index (κ3) is 6.68. The zero-order valence-electron chi connectivity index (χ0n) is 12.7. The predicted molar refractivity (Wildman–Crippen MR) is 81.4 cm³/mol. The van der Waals surface area contributed by atoms with Crippen molar-refractivity contribution in [1.29, 1.82) is 0 Å². The molecule has 0 aromatic carbocycles. The van der Waals surface area contributed by atoms with Gasteiger partial charge < -0.3 is 20.1 Å². The lowest BCUT2D eigenvalue weighted by atomic mass is 10.3. The Morgan fingerprint density at radius 2 is 1.80 bits per heavy atom. The highest BCUT2D eigenvalue weighted by Crippen LogP contribution is 2.12. The van der Waals surface area contributed by atoms with E-state index in [0.717, 1.165) is 43.4 Å². The summed E-state index contributed by atoms with van der Waals surface area (Å²) in [5.41, 5.74) is 0. The van der Waals surface area contributed by atoms with E-state index in [1.807, 2.05) is 6.07 Å². The Morgan fingerprint density at radius 3 is 2.45 bits per heavy atom. The molecule has 20 heavy (non-hydrogen) atoms. The molecule has 0 saturated heterocycles. The number of aryl methyl sites for hydroxylation is 1. The summed E-state index contributed by atoms with van der Waals surface area (Å²) in [6.45, 7) is 7.62. The van der Waals surface area contributed by atoms with Crippen molar-refractivity contribution < 1.29 is 9.47 Å². The molecule has 0 fully saturated rings. The maximum Gasteiger partial charge on any atom is 0.133 e. The maximum atomic E-state index is 5.40. The average molecular weight is 282 g/mol. The first kappa shape index (κ1) is 16.7. The average Bonchev–Trinajstić information content (AvgIpc) is 2.43. The summed E-state index contributed by atoms with van der Waals surface area (Å²) >= 11 is 0. The van der Waals surface area contributed by atoms with Gasteiger partial charge in [-0.15, -0.1) is 0 Å². The molecule has 0 spiro atoms. The summed E-state index contributed by atoms with van der Waals surface area (Å²) in [4.78, 5) is 8.97. The zero-order valence-corrected chi connectivity index (χ0v) is 12.7. The molecule has 1 heterocycles. The van der Waals surface area contributed by atoms with Crippen molar-refractivity contribution in [3.05, 3.63) is 11.9 Å². The molecule has 1 aromatic heterocycles. The fourth-order valence-corrected chi connectivity index (χ4v) is 1.69. The van der Waals surface area contributed by atoms with Gasteiger partial charge in [-0.2, -0.15) is 0 Å². The quantitative estimate of drug-likeness (QED) is 0.605. The van der Waals surface area contributed by atoms with Crippen LogP contribution >= 0.6 is 0 Å². The van der Waals surface area contributed by atoms with E-state index in [0.29, 0.717) is 19.8 Å². The summed E-state index contributed by atoms with van der Waals surface area (Å²) in [6, 6.07) is 1.93. The van der Waals surface area contributed by atoms with Crippen molar-refractivity contribution in [1.82, 2.24) is 9.97 Å². The summed E-state index contributed by atoms with van der Waals surface area (Å²) in [5, 5.41) is 6.49. The first-order chi connectivity index (χ1) is 9.80. The SMILES string of the molecule is CCCc1nc(NCC)cc(NCCOCCOC)n1. The van der Waals surface area contributed by atoms with Crippen molar-refractivity contribution in [2.24, 2.45) is 0 Å². The van der Waals surface area contributed by atoms with Crippen LogP contribution in [0.3, 0.4) is 0 Å². The lowest BCUT2D eigenvalue weighted by Crippen LogP contribution is -2.14. The number of nitrogens with zero attached hydrogens (tertiary/aromatic N) is 2. The Labute approximate surface area is 121 Å². The highest BCUT2D eigenvalue weighted by atomic mass is 16.5. The predicted octanol–water partition coefficient (Wildman–Crippen LogP) is 1.94. The molecule has 0 saturated carbocycles. The van der Waals surface area contributed by atoms with Crippen molar-refractivity contribution in [3.8, 4) is 0 Å². The third-order valence-corrected chi connectivity index (χ3v) is 2.59. The lowest BCUT2D eigenvalue weighted by molar-refractivity contribution is 0.0759. The van der Waals surface area contributed by atoms with Gasteiger partial charge in [0.1, 0.15) is 17.5 Å². The zero-order chi connectivity index (χ0) is 14.6. The second-order valence-corrected chi connectivity index (χ2v) is 4.37. The van der Waals surface area contributed by atoms with Crippen LogP contribution in [0.1, 0.15) is 26.1 Å².